The molecule has 0 aliphatic heterocycles. The first kappa shape index (κ1) is 19.0. The van der Waals surface area contributed by atoms with Gasteiger partial charge in [-0.05, 0) is 50.6 Å². The number of hydrogen-bond acceptors (Lipinski definition) is 4. The van der Waals surface area contributed by atoms with Crippen molar-refractivity contribution in [2.45, 2.75) is 33.9 Å². The summed E-state index contributed by atoms with van der Waals surface area (Å²) in [7, 11) is 1.68. The van der Waals surface area contributed by atoms with E-state index in [0.29, 0.717) is 31.1 Å². The Balaban J connectivity index is 2.06. The first-order valence-corrected chi connectivity index (χ1v) is 9.37. The average Bonchev–Trinajstić information content (AvgIpc) is 3.07. The minimum atomic E-state index is -0.0524. The van der Waals surface area contributed by atoms with Gasteiger partial charge in [-0.25, -0.2) is 9.97 Å². The number of amides is 1. The predicted molar refractivity (Wildman–Crippen MR) is 107 cm³/mol. The van der Waals surface area contributed by atoms with Crippen LogP contribution in [0, 0.1) is 0 Å². The first-order chi connectivity index (χ1) is 13.1. The highest BCUT2D eigenvalue weighted by molar-refractivity contribution is 5.93. The number of ether oxygens (including phenoxy) is 1. The summed E-state index contributed by atoms with van der Waals surface area (Å²) in [5, 5.41) is 0. The molecular weight excluding hydrogens is 340 g/mol. The number of methoxy groups -OCH3 is 1. The molecule has 2 aromatic heterocycles. The summed E-state index contributed by atoms with van der Waals surface area (Å²) in [6.45, 7) is 8.67. The van der Waals surface area contributed by atoms with Crippen LogP contribution in [0.15, 0.2) is 36.4 Å². The highest BCUT2D eigenvalue weighted by Gasteiger charge is 2.17. The zero-order valence-corrected chi connectivity index (χ0v) is 16.4. The van der Waals surface area contributed by atoms with E-state index in [4.69, 9.17) is 9.72 Å². The van der Waals surface area contributed by atoms with Gasteiger partial charge in [0, 0.05) is 26.7 Å². The fourth-order valence-corrected chi connectivity index (χ4v) is 3.30. The summed E-state index contributed by atoms with van der Waals surface area (Å²) in [4.78, 5) is 23.9. The molecule has 0 unspecified atom stereocenters. The van der Waals surface area contributed by atoms with Gasteiger partial charge in [-0.2, -0.15) is 0 Å². The van der Waals surface area contributed by atoms with E-state index in [9.17, 15) is 4.79 Å². The fourth-order valence-electron chi connectivity index (χ4n) is 3.30. The summed E-state index contributed by atoms with van der Waals surface area (Å²) < 4.78 is 7.35. The summed E-state index contributed by atoms with van der Waals surface area (Å²) in [5.41, 5.74) is 4.19. The topological polar surface area (TPSA) is 60.3 Å². The Hall–Kier alpha value is -2.73. The molecule has 0 radical (unpaired) electrons. The summed E-state index contributed by atoms with van der Waals surface area (Å²) in [5.74, 6) is 0.722. The van der Waals surface area contributed by atoms with Gasteiger partial charge >= 0.3 is 0 Å². The third-order valence-corrected chi connectivity index (χ3v) is 4.69. The molecule has 27 heavy (non-hydrogen) atoms. The van der Waals surface area contributed by atoms with Crippen LogP contribution in [0.4, 0.5) is 0 Å². The highest BCUT2D eigenvalue weighted by atomic mass is 16.5. The molecule has 0 fully saturated rings. The van der Waals surface area contributed by atoms with Crippen LogP contribution in [0.25, 0.3) is 22.6 Å². The molecule has 0 N–H and O–H groups in total. The molecule has 0 aliphatic rings. The van der Waals surface area contributed by atoms with Gasteiger partial charge in [0.2, 0.25) is 0 Å². The van der Waals surface area contributed by atoms with E-state index in [2.05, 4.69) is 28.6 Å². The quantitative estimate of drug-likeness (QED) is 0.639. The van der Waals surface area contributed by atoms with E-state index >= 15 is 0 Å². The lowest BCUT2D eigenvalue weighted by molar-refractivity contribution is 0.0767. The maximum Gasteiger partial charge on any atom is 0.272 e. The number of benzene rings is 1. The van der Waals surface area contributed by atoms with Crippen molar-refractivity contribution in [2.24, 2.45) is 0 Å². The second-order valence-corrected chi connectivity index (χ2v) is 6.32. The lowest BCUT2D eigenvalue weighted by Crippen LogP contribution is -2.31. The molecule has 0 saturated carbocycles. The standard InChI is InChI=1S/C21H26N4O2/c1-5-24(6-2)21(26)17-10-8-9-16(22-17)20-23-18-13-15(14-27-4)11-12-19(18)25(20)7-3/h8-13H,5-7,14H2,1-4H3. The monoisotopic (exact) mass is 366 g/mol. The van der Waals surface area contributed by atoms with Crippen LogP contribution in [0.3, 0.4) is 0 Å². The maximum absolute atomic E-state index is 12.7. The Morgan fingerprint density at radius 2 is 1.89 bits per heavy atom. The first-order valence-electron chi connectivity index (χ1n) is 9.37. The second-order valence-electron chi connectivity index (χ2n) is 6.32. The smallest absolute Gasteiger partial charge is 0.272 e. The molecule has 6 nitrogen and oxygen atoms in total. The van der Waals surface area contributed by atoms with E-state index in [1.54, 1.807) is 18.1 Å². The minimum Gasteiger partial charge on any atom is -0.380 e. The van der Waals surface area contributed by atoms with Crippen LogP contribution in [0.2, 0.25) is 0 Å². The van der Waals surface area contributed by atoms with Crippen molar-refractivity contribution < 1.29 is 9.53 Å². The molecule has 142 valence electrons. The third-order valence-electron chi connectivity index (χ3n) is 4.69. The van der Waals surface area contributed by atoms with Gasteiger partial charge in [-0.3, -0.25) is 4.79 Å². The van der Waals surface area contributed by atoms with Crippen molar-refractivity contribution >= 4 is 16.9 Å². The summed E-state index contributed by atoms with van der Waals surface area (Å²) >= 11 is 0. The molecule has 2 heterocycles. The molecule has 1 amide bonds. The van der Waals surface area contributed by atoms with Crippen LogP contribution in [-0.2, 0) is 17.9 Å². The number of aryl methyl sites for hydroxylation is 1. The largest absolute Gasteiger partial charge is 0.380 e. The van der Waals surface area contributed by atoms with Crippen molar-refractivity contribution in [1.29, 1.82) is 0 Å². The zero-order valence-electron chi connectivity index (χ0n) is 16.4. The lowest BCUT2D eigenvalue weighted by atomic mass is 10.2. The summed E-state index contributed by atoms with van der Waals surface area (Å²) in [6.07, 6.45) is 0. The van der Waals surface area contributed by atoms with Crippen LogP contribution in [0.1, 0.15) is 36.8 Å². The number of carbonyl (C=O) groups is 1. The number of rotatable bonds is 7. The Kier molecular flexibility index (Phi) is 5.86. The van der Waals surface area contributed by atoms with E-state index in [-0.39, 0.29) is 5.91 Å². The van der Waals surface area contributed by atoms with Gasteiger partial charge in [-0.15, -0.1) is 0 Å². The molecule has 0 spiro atoms. The van der Waals surface area contributed by atoms with E-state index in [1.807, 2.05) is 32.0 Å². The molecule has 3 aromatic rings. The molecule has 3 rings (SSSR count). The Bertz CT molecular complexity index is 945. The van der Waals surface area contributed by atoms with Crippen LogP contribution in [0.5, 0.6) is 0 Å². The number of pyridine rings is 1. The van der Waals surface area contributed by atoms with Crippen LogP contribution < -0.4 is 0 Å². The number of carbonyl (C=O) groups excluding carboxylic acids is 1. The van der Waals surface area contributed by atoms with Crippen molar-refractivity contribution in [2.75, 3.05) is 20.2 Å². The molecule has 0 aliphatic carbocycles. The van der Waals surface area contributed by atoms with Gasteiger partial charge in [0.15, 0.2) is 5.82 Å². The van der Waals surface area contributed by atoms with Gasteiger partial charge in [0.25, 0.3) is 5.91 Å². The molecular formula is C21H26N4O2. The van der Waals surface area contributed by atoms with Gasteiger partial charge in [0.05, 0.1) is 17.6 Å². The number of aromatic nitrogens is 3. The molecule has 1 aromatic carbocycles. The number of imidazole rings is 1. The molecule has 0 saturated heterocycles. The Morgan fingerprint density at radius 1 is 1.11 bits per heavy atom. The third kappa shape index (κ3) is 3.71. The summed E-state index contributed by atoms with van der Waals surface area (Å²) in [6, 6.07) is 11.7. The normalized spacial score (nSPS) is 11.1. The minimum absolute atomic E-state index is 0.0524. The SMILES string of the molecule is CCN(CC)C(=O)c1cccc(-c2nc3cc(COC)ccc3n2CC)n1. The van der Waals surface area contributed by atoms with E-state index in [1.165, 1.54) is 0 Å². The number of hydrogen-bond donors (Lipinski definition) is 0. The van der Waals surface area contributed by atoms with Crippen molar-refractivity contribution in [3.63, 3.8) is 0 Å². The van der Waals surface area contributed by atoms with Crippen LogP contribution in [-0.4, -0.2) is 45.5 Å². The predicted octanol–water partition coefficient (Wildman–Crippen LogP) is 3.75. The van der Waals surface area contributed by atoms with Crippen molar-refractivity contribution in [3.8, 4) is 11.5 Å². The fraction of sp³-hybridized carbons (Fsp3) is 0.381. The number of nitrogens with zero attached hydrogens (tertiary/aromatic N) is 4. The van der Waals surface area contributed by atoms with E-state index in [0.717, 1.165) is 29.0 Å². The average molecular weight is 366 g/mol. The maximum atomic E-state index is 12.7. The van der Waals surface area contributed by atoms with Gasteiger partial charge in [-0.1, -0.05) is 12.1 Å². The zero-order chi connectivity index (χ0) is 19.4. The van der Waals surface area contributed by atoms with Gasteiger partial charge < -0.3 is 14.2 Å². The molecule has 0 atom stereocenters. The van der Waals surface area contributed by atoms with Crippen molar-refractivity contribution in [1.82, 2.24) is 19.4 Å². The van der Waals surface area contributed by atoms with Crippen molar-refractivity contribution in [3.05, 3.63) is 47.7 Å². The molecule has 0 bridgehead atoms. The molecule has 6 heteroatoms. The Morgan fingerprint density at radius 3 is 2.56 bits per heavy atom. The second kappa shape index (κ2) is 8.31. The number of fused-ring (bicyclic) bond motifs is 1. The van der Waals surface area contributed by atoms with E-state index < -0.39 is 0 Å². The lowest BCUT2D eigenvalue weighted by Gasteiger charge is -2.18. The van der Waals surface area contributed by atoms with Gasteiger partial charge in [0.1, 0.15) is 11.4 Å². The Labute approximate surface area is 159 Å². The van der Waals surface area contributed by atoms with Crippen LogP contribution >= 0.6 is 0 Å². The highest BCUT2D eigenvalue weighted by Crippen LogP contribution is 2.25.